The highest BCUT2D eigenvalue weighted by Crippen LogP contribution is 2.42. The molecule has 4 rings (SSSR count). The van der Waals surface area contributed by atoms with Crippen molar-refractivity contribution in [3.8, 4) is 0 Å². The summed E-state index contributed by atoms with van der Waals surface area (Å²) < 4.78 is 18.5. The molecule has 2 aromatic carbocycles. The molecule has 0 bridgehead atoms. The van der Waals surface area contributed by atoms with Crippen molar-refractivity contribution in [2.24, 2.45) is 5.92 Å². The van der Waals surface area contributed by atoms with Gasteiger partial charge in [0.25, 0.3) is 0 Å². The quantitative estimate of drug-likeness (QED) is 0.638. The lowest BCUT2D eigenvalue weighted by Crippen LogP contribution is -2.47. The topological polar surface area (TPSA) is 62.6 Å². The fourth-order valence-corrected chi connectivity index (χ4v) is 4.66. The summed E-state index contributed by atoms with van der Waals surface area (Å²) in [6.07, 6.45) is 1.55. The van der Waals surface area contributed by atoms with E-state index in [9.17, 15) is 14.0 Å². The van der Waals surface area contributed by atoms with Crippen molar-refractivity contribution in [2.45, 2.75) is 30.2 Å². The van der Waals surface area contributed by atoms with Crippen LogP contribution in [-0.2, 0) is 22.7 Å². The molecule has 154 valence electrons. The number of anilines is 1. The lowest BCUT2D eigenvalue weighted by Gasteiger charge is -2.35. The molecule has 30 heavy (non-hydrogen) atoms. The molecular formula is C23H21FN2O3S. The molecule has 7 heteroatoms. The SMILES string of the molecule is CC(C(=O)NCc1ccco1)C1Sc2ccccc2N(Cc2ccc(F)cc2)C1=O. The molecule has 2 atom stereocenters. The number of nitrogens with zero attached hydrogens (tertiary/aromatic N) is 1. The predicted octanol–water partition coefficient (Wildman–Crippen LogP) is 4.38. The number of nitrogens with one attached hydrogen (secondary N) is 1. The van der Waals surface area contributed by atoms with Gasteiger partial charge in [-0.2, -0.15) is 0 Å². The van der Waals surface area contributed by atoms with Crippen LogP contribution in [0.5, 0.6) is 0 Å². The number of benzene rings is 2. The molecule has 0 saturated carbocycles. The maximum absolute atomic E-state index is 13.4. The minimum atomic E-state index is -0.558. The van der Waals surface area contributed by atoms with Gasteiger partial charge in [-0.25, -0.2) is 4.39 Å². The Balaban J connectivity index is 1.54. The van der Waals surface area contributed by atoms with Crippen molar-refractivity contribution in [1.82, 2.24) is 5.32 Å². The number of rotatable bonds is 6. The summed E-state index contributed by atoms with van der Waals surface area (Å²) in [4.78, 5) is 28.7. The van der Waals surface area contributed by atoms with Gasteiger partial charge in [-0.15, -0.1) is 11.8 Å². The molecule has 1 N–H and O–H groups in total. The number of carbonyl (C=O) groups excluding carboxylic acids is 2. The lowest BCUT2D eigenvalue weighted by molar-refractivity contribution is -0.128. The van der Waals surface area contributed by atoms with E-state index in [-0.39, 0.29) is 24.2 Å². The normalized spacial score (nSPS) is 16.8. The number of para-hydroxylation sites is 1. The largest absolute Gasteiger partial charge is 0.467 e. The number of hydrogen-bond donors (Lipinski definition) is 1. The van der Waals surface area contributed by atoms with Crippen LogP contribution in [0.4, 0.5) is 10.1 Å². The number of thioether (sulfide) groups is 1. The van der Waals surface area contributed by atoms with Crippen LogP contribution in [0, 0.1) is 11.7 Å². The number of hydrogen-bond acceptors (Lipinski definition) is 4. The molecule has 1 aliphatic rings. The summed E-state index contributed by atoms with van der Waals surface area (Å²) in [6.45, 7) is 2.35. The summed E-state index contributed by atoms with van der Waals surface area (Å²) in [5, 5.41) is 2.28. The first-order chi connectivity index (χ1) is 14.5. The van der Waals surface area contributed by atoms with E-state index in [2.05, 4.69) is 5.32 Å². The average Bonchev–Trinajstić information content (AvgIpc) is 3.28. The fourth-order valence-electron chi connectivity index (χ4n) is 3.38. The molecule has 1 aliphatic heterocycles. The molecule has 1 aromatic heterocycles. The van der Waals surface area contributed by atoms with Gasteiger partial charge in [0.05, 0.1) is 31.0 Å². The van der Waals surface area contributed by atoms with Gasteiger partial charge in [-0.1, -0.05) is 31.2 Å². The van der Waals surface area contributed by atoms with Gasteiger partial charge >= 0.3 is 0 Å². The summed E-state index contributed by atoms with van der Waals surface area (Å²) in [7, 11) is 0. The zero-order valence-corrected chi connectivity index (χ0v) is 17.2. The number of halogens is 1. The Hall–Kier alpha value is -3.06. The third kappa shape index (κ3) is 4.26. The van der Waals surface area contributed by atoms with E-state index in [1.807, 2.05) is 24.3 Å². The maximum atomic E-state index is 13.4. The highest BCUT2D eigenvalue weighted by Gasteiger charge is 2.39. The standard InChI is InChI=1S/C23H21FN2O3S/c1-15(22(27)25-13-18-5-4-12-29-18)21-23(28)26(14-16-8-10-17(24)11-9-16)19-6-2-3-7-20(19)30-21/h2-12,15,21H,13-14H2,1H3,(H,25,27). The van der Waals surface area contributed by atoms with E-state index in [0.717, 1.165) is 16.1 Å². The molecule has 0 spiro atoms. The first-order valence-corrected chi connectivity index (χ1v) is 10.5. The van der Waals surface area contributed by atoms with Crippen LogP contribution in [0.1, 0.15) is 18.2 Å². The number of carbonyl (C=O) groups is 2. The van der Waals surface area contributed by atoms with Gasteiger partial charge in [0.1, 0.15) is 16.8 Å². The van der Waals surface area contributed by atoms with Crippen LogP contribution in [0.3, 0.4) is 0 Å². The van der Waals surface area contributed by atoms with E-state index < -0.39 is 11.2 Å². The maximum Gasteiger partial charge on any atom is 0.241 e. The van der Waals surface area contributed by atoms with Gasteiger partial charge < -0.3 is 14.6 Å². The molecule has 5 nitrogen and oxygen atoms in total. The number of fused-ring (bicyclic) bond motifs is 1. The van der Waals surface area contributed by atoms with Crippen molar-refractivity contribution >= 4 is 29.3 Å². The van der Waals surface area contributed by atoms with E-state index in [0.29, 0.717) is 12.3 Å². The summed E-state index contributed by atoms with van der Waals surface area (Å²) in [5.41, 5.74) is 1.62. The van der Waals surface area contributed by atoms with E-state index in [1.165, 1.54) is 23.9 Å². The molecule has 2 amide bonds. The third-order valence-electron chi connectivity index (χ3n) is 5.06. The molecule has 2 heterocycles. The molecule has 0 aliphatic carbocycles. The van der Waals surface area contributed by atoms with E-state index in [4.69, 9.17) is 4.42 Å². The first kappa shape index (κ1) is 20.2. The molecule has 0 saturated heterocycles. The van der Waals surface area contributed by atoms with Crippen molar-refractivity contribution in [3.05, 3.63) is 84.1 Å². The minimum absolute atomic E-state index is 0.135. The van der Waals surface area contributed by atoms with Gasteiger partial charge in [-0.3, -0.25) is 9.59 Å². The highest BCUT2D eigenvalue weighted by atomic mass is 32.2. The van der Waals surface area contributed by atoms with Gasteiger partial charge in [-0.05, 0) is 42.0 Å². The van der Waals surface area contributed by atoms with E-state index in [1.54, 1.807) is 42.4 Å². The summed E-state index contributed by atoms with van der Waals surface area (Å²) >= 11 is 1.41. The number of furan rings is 1. The lowest BCUT2D eigenvalue weighted by atomic mass is 10.0. The molecule has 3 aromatic rings. The van der Waals surface area contributed by atoms with Crippen molar-refractivity contribution in [1.29, 1.82) is 0 Å². The van der Waals surface area contributed by atoms with Crippen LogP contribution in [0.2, 0.25) is 0 Å². The predicted molar refractivity (Wildman–Crippen MR) is 113 cm³/mol. The third-order valence-corrected chi connectivity index (χ3v) is 6.52. The smallest absolute Gasteiger partial charge is 0.241 e. The van der Waals surface area contributed by atoms with Crippen LogP contribution in [0.25, 0.3) is 0 Å². The summed E-state index contributed by atoms with van der Waals surface area (Å²) in [6, 6.07) is 17.3. The Bertz CT molecular complexity index is 1040. The van der Waals surface area contributed by atoms with Crippen LogP contribution >= 0.6 is 11.8 Å². The van der Waals surface area contributed by atoms with Crippen LogP contribution in [0.15, 0.2) is 76.2 Å². The monoisotopic (exact) mass is 424 g/mol. The second-order valence-corrected chi connectivity index (χ2v) is 8.33. The second kappa shape index (κ2) is 8.75. The van der Waals surface area contributed by atoms with Crippen molar-refractivity contribution < 1.29 is 18.4 Å². The minimum Gasteiger partial charge on any atom is -0.467 e. The Morgan fingerprint density at radius 1 is 1.17 bits per heavy atom. The molecule has 2 unspecified atom stereocenters. The van der Waals surface area contributed by atoms with Gasteiger partial charge in [0, 0.05) is 4.90 Å². The molecular weight excluding hydrogens is 403 g/mol. The Morgan fingerprint density at radius 3 is 2.67 bits per heavy atom. The highest BCUT2D eigenvalue weighted by molar-refractivity contribution is 8.01. The Labute approximate surface area is 178 Å². The zero-order valence-electron chi connectivity index (χ0n) is 16.4. The van der Waals surface area contributed by atoms with Gasteiger partial charge in [0.2, 0.25) is 11.8 Å². The van der Waals surface area contributed by atoms with Crippen molar-refractivity contribution in [3.63, 3.8) is 0 Å². The Kier molecular flexibility index (Phi) is 5.90. The Morgan fingerprint density at radius 2 is 1.93 bits per heavy atom. The average molecular weight is 424 g/mol. The van der Waals surface area contributed by atoms with Crippen LogP contribution in [-0.4, -0.2) is 17.1 Å². The first-order valence-electron chi connectivity index (χ1n) is 9.64. The van der Waals surface area contributed by atoms with E-state index >= 15 is 0 Å². The number of amides is 2. The second-order valence-electron chi connectivity index (χ2n) is 7.14. The van der Waals surface area contributed by atoms with Gasteiger partial charge in [0.15, 0.2) is 0 Å². The summed E-state index contributed by atoms with van der Waals surface area (Å²) in [5.74, 6) is -0.551. The zero-order chi connectivity index (χ0) is 21.1. The van der Waals surface area contributed by atoms with Crippen LogP contribution < -0.4 is 10.2 Å². The van der Waals surface area contributed by atoms with Crippen molar-refractivity contribution in [2.75, 3.05) is 4.90 Å². The fraction of sp³-hybridized carbons (Fsp3) is 0.217. The molecule has 0 fully saturated rings. The molecule has 0 radical (unpaired) electrons.